The van der Waals surface area contributed by atoms with Crippen molar-refractivity contribution < 1.29 is 14.3 Å². The quantitative estimate of drug-likeness (QED) is 0.831. The lowest BCUT2D eigenvalue weighted by atomic mass is 10.1. The number of nitrogens with zero attached hydrogens (tertiary/aromatic N) is 2. The number of carbonyl (C=O) groups is 1. The van der Waals surface area contributed by atoms with Crippen LogP contribution >= 0.6 is 0 Å². The van der Waals surface area contributed by atoms with Gasteiger partial charge in [-0.1, -0.05) is 0 Å². The van der Waals surface area contributed by atoms with Gasteiger partial charge >= 0.3 is 0 Å². The van der Waals surface area contributed by atoms with Crippen LogP contribution in [0.2, 0.25) is 0 Å². The Hall–Kier alpha value is -2.73. The van der Waals surface area contributed by atoms with Crippen LogP contribution in [-0.2, 0) is 11.2 Å². The normalized spacial score (nSPS) is 14.6. The molecule has 0 bridgehead atoms. The molecular weight excluding hydrogens is 354 g/mol. The number of hydrogen-bond donors (Lipinski definition) is 1. The predicted molar refractivity (Wildman–Crippen MR) is 113 cm³/mol. The Morgan fingerprint density at radius 2 is 1.79 bits per heavy atom. The third kappa shape index (κ3) is 4.75. The second-order valence-electron chi connectivity index (χ2n) is 7.19. The third-order valence-corrected chi connectivity index (χ3v) is 5.19. The molecule has 1 fully saturated rings. The van der Waals surface area contributed by atoms with Gasteiger partial charge in [-0.25, -0.2) is 0 Å². The number of piperazine rings is 1. The largest absolute Gasteiger partial charge is 0.497 e. The molecule has 0 atom stereocenters. The molecule has 150 valence electrons. The molecule has 2 aromatic rings. The van der Waals surface area contributed by atoms with E-state index in [1.54, 1.807) is 14.2 Å². The van der Waals surface area contributed by atoms with Crippen molar-refractivity contribution >= 4 is 17.3 Å². The van der Waals surface area contributed by atoms with Crippen LogP contribution in [0.4, 0.5) is 11.4 Å². The number of nitrogens with one attached hydrogen (secondary N) is 1. The summed E-state index contributed by atoms with van der Waals surface area (Å²) in [4.78, 5) is 17.3. The highest BCUT2D eigenvalue weighted by Crippen LogP contribution is 2.26. The van der Waals surface area contributed by atoms with Crippen molar-refractivity contribution in [3.63, 3.8) is 0 Å². The Kier molecular flexibility index (Phi) is 6.41. The summed E-state index contributed by atoms with van der Waals surface area (Å²) in [6.45, 7) is 6.22. The van der Waals surface area contributed by atoms with Crippen molar-refractivity contribution in [3.8, 4) is 11.5 Å². The molecule has 0 aromatic heterocycles. The number of likely N-dealkylation sites (N-methyl/N-ethyl adjacent to an activating group) is 1. The van der Waals surface area contributed by atoms with Crippen LogP contribution in [0.5, 0.6) is 11.5 Å². The lowest BCUT2D eigenvalue weighted by Gasteiger charge is -2.34. The van der Waals surface area contributed by atoms with Gasteiger partial charge in [0.25, 0.3) is 0 Å². The fourth-order valence-corrected chi connectivity index (χ4v) is 3.44. The second kappa shape index (κ2) is 8.97. The Bertz CT molecular complexity index is 830. The summed E-state index contributed by atoms with van der Waals surface area (Å²) in [5, 5.41) is 3.02. The van der Waals surface area contributed by atoms with Gasteiger partial charge in [-0.15, -0.1) is 0 Å². The molecule has 1 amide bonds. The molecular formula is C22H29N3O3. The number of anilines is 2. The summed E-state index contributed by atoms with van der Waals surface area (Å²) >= 11 is 0. The Balaban J connectivity index is 1.67. The van der Waals surface area contributed by atoms with Crippen LogP contribution in [-0.4, -0.2) is 58.3 Å². The van der Waals surface area contributed by atoms with Crippen LogP contribution in [0.25, 0.3) is 0 Å². The van der Waals surface area contributed by atoms with E-state index in [-0.39, 0.29) is 12.3 Å². The predicted octanol–water partition coefficient (Wildman–Crippen LogP) is 2.95. The van der Waals surface area contributed by atoms with Crippen LogP contribution in [0.3, 0.4) is 0 Å². The first kappa shape index (κ1) is 20.0. The minimum absolute atomic E-state index is 0.0815. The van der Waals surface area contributed by atoms with E-state index in [1.165, 1.54) is 5.69 Å². The first-order valence-electron chi connectivity index (χ1n) is 9.55. The third-order valence-electron chi connectivity index (χ3n) is 5.19. The molecule has 0 radical (unpaired) electrons. The summed E-state index contributed by atoms with van der Waals surface area (Å²) in [6, 6.07) is 11.7. The van der Waals surface area contributed by atoms with Crippen LogP contribution < -0.4 is 19.7 Å². The molecule has 3 rings (SSSR count). The molecule has 0 saturated carbocycles. The van der Waals surface area contributed by atoms with Gasteiger partial charge in [0.15, 0.2) is 0 Å². The topological polar surface area (TPSA) is 54.0 Å². The molecule has 0 unspecified atom stereocenters. The number of methoxy groups -OCH3 is 2. The average molecular weight is 383 g/mol. The van der Waals surface area contributed by atoms with Gasteiger partial charge in [-0.2, -0.15) is 0 Å². The number of hydrogen-bond acceptors (Lipinski definition) is 5. The van der Waals surface area contributed by atoms with Gasteiger partial charge in [-0.3, -0.25) is 4.79 Å². The van der Waals surface area contributed by atoms with E-state index < -0.39 is 0 Å². The Morgan fingerprint density at radius 3 is 2.43 bits per heavy atom. The maximum absolute atomic E-state index is 12.6. The summed E-state index contributed by atoms with van der Waals surface area (Å²) < 4.78 is 10.6. The summed E-state index contributed by atoms with van der Waals surface area (Å²) in [5.74, 6) is 1.30. The van der Waals surface area contributed by atoms with E-state index >= 15 is 0 Å². The van der Waals surface area contributed by atoms with Crippen molar-refractivity contribution in [1.29, 1.82) is 0 Å². The summed E-state index contributed by atoms with van der Waals surface area (Å²) in [6.07, 6.45) is 0.222. The molecule has 28 heavy (non-hydrogen) atoms. The zero-order valence-corrected chi connectivity index (χ0v) is 17.1. The van der Waals surface area contributed by atoms with E-state index in [2.05, 4.69) is 34.3 Å². The van der Waals surface area contributed by atoms with Crippen LogP contribution in [0.1, 0.15) is 11.1 Å². The fourth-order valence-electron chi connectivity index (χ4n) is 3.44. The minimum atomic E-state index is -0.0815. The van der Waals surface area contributed by atoms with Gasteiger partial charge in [0.1, 0.15) is 11.5 Å². The highest BCUT2D eigenvalue weighted by molar-refractivity contribution is 5.93. The number of aryl methyl sites for hydroxylation is 1. The van der Waals surface area contributed by atoms with Gasteiger partial charge in [-0.05, 0) is 55.9 Å². The molecule has 1 aliphatic heterocycles. The highest BCUT2D eigenvalue weighted by atomic mass is 16.5. The van der Waals surface area contributed by atoms with Gasteiger partial charge < -0.3 is 24.6 Å². The number of amides is 1. The van der Waals surface area contributed by atoms with E-state index in [9.17, 15) is 4.79 Å². The first-order valence-corrected chi connectivity index (χ1v) is 9.55. The maximum atomic E-state index is 12.6. The Labute approximate surface area is 167 Å². The smallest absolute Gasteiger partial charge is 0.228 e. The first-order chi connectivity index (χ1) is 13.5. The van der Waals surface area contributed by atoms with E-state index in [0.29, 0.717) is 11.5 Å². The SMILES string of the molecule is COc1ccc(OC)c(CC(=O)Nc2ccc(N3CCN(C)CC3)cc2C)c1. The van der Waals surface area contributed by atoms with E-state index in [4.69, 9.17) is 9.47 Å². The molecule has 2 aromatic carbocycles. The molecule has 6 nitrogen and oxygen atoms in total. The number of benzene rings is 2. The number of ether oxygens (including phenoxy) is 2. The Morgan fingerprint density at radius 1 is 1.04 bits per heavy atom. The van der Waals surface area contributed by atoms with E-state index in [1.807, 2.05) is 31.2 Å². The van der Waals surface area contributed by atoms with Crippen molar-refractivity contribution in [2.45, 2.75) is 13.3 Å². The van der Waals surface area contributed by atoms with E-state index in [0.717, 1.165) is 43.0 Å². The van der Waals surface area contributed by atoms with Gasteiger partial charge in [0, 0.05) is 43.1 Å². The molecule has 1 aliphatic rings. The van der Waals surface area contributed by atoms with Crippen LogP contribution in [0.15, 0.2) is 36.4 Å². The zero-order valence-electron chi connectivity index (χ0n) is 17.1. The fraction of sp³-hybridized carbons (Fsp3) is 0.409. The highest BCUT2D eigenvalue weighted by Gasteiger charge is 2.16. The molecule has 6 heteroatoms. The monoisotopic (exact) mass is 383 g/mol. The maximum Gasteiger partial charge on any atom is 0.228 e. The molecule has 1 N–H and O–H groups in total. The summed E-state index contributed by atoms with van der Waals surface area (Å²) in [5.41, 5.74) is 3.90. The van der Waals surface area contributed by atoms with Crippen molar-refractivity contribution in [1.82, 2.24) is 4.90 Å². The van der Waals surface area contributed by atoms with Gasteiger partial charge in [0.05, 0.1) is 20.6 Å². The molecule has 0 spiro atoms. The lowest BCUT2D eigenvalue weighted by Crippen LogP contribution is -2.44. The molecule has 0 aliphatic carbocycles. The minimum Gasteiger partial charge on any atom is -0.497 e. The number of carbonyl (C=O) groups excluding carboxylic acids is 1. The second-order valence-corrected chi connectivity index (χ2v) is 7.19. The standard InChI is InChI=1S/C22H29N3O3/c1-16-13-18(25-11-9-24(2)10-12-25)5-7-20(16)23-22(26)15-17-14-19(27-3)6-8-21(17)28-4/h5-8,13-14H,9-12,15H2,1-4H3,(H,23,26). The van der Waals surface area contributed by atoms with Crippen molar-refractivity contribution in [3.05, 3.63) is 47.5 Å². The molecule has 1 heterocycles. The zero-order chi connectivity index (χ0) is 20.1. The average Bonchev–Trinajstić information content (AvgIpc) is 2.70. The van der Waals surface area contributed by atoms with Crippen molar-refractivity contribution in [2.75, 3.05) is 57.7 Å². The van der Waals surface area contributed by atoms with Crippen molar-refractivity contribution in [2.24, 2.45) is 0 Å². The van der Waals surface area contributed by atoms with Crippen LogP contribution in [0, 0.1) is 6.92 Å². The lowest BCUT2D eigenvalue weighted by molar-refractivity contribution is -0.115. The summed E-state index contributed by atoms with van der Waals surface area (Å²) in [7, 11) is 5.36. The van der Waals surface area contributed by atoms with Gasteiger partial charge in [0.2, 0.25) is 5.91 Å². The number of rotatable bonds is 6. The molecule has 1 saturated heterocycles.